The highest BCUT2D eigenvalue weighted by atomic mass is 31.2. The van der Waals surface area contributed by atoms with E-state index in [9.17, 15) is 55.5 Å². The molecule has 5 amide bonds. The number of hydrogen-bond acceptors (Lipinski definition) is 10. The highest BCUT2D eigenvalue weighted by Gasteiger charge is 2.51. The molecule has 0 unspecified atom stereocenters. The first-order valence-corrected chi connectivity index (χ1v) is 21.9. The van der Waals surface area contributed by atoms with Crippen LogP contribution in [0.2, 0.25) is 0 Å². The summed E-state index contributed by atoms with van der Waals surface area (Å²) in [6, 6.07) is 7.43. The van der Waals surface area contributed by atoms with Crippen molar-refractivity contribution in [2.24, 2.45) is 0 Å². The van der Waals surface area contributed by atoms with E-state index in [2.05, 4.69) is 28.1 Å². The van der Waals surface area contributed by atoms with Gasteiger partial charge in [0.05, 0.1) is 12.8 Å². The first-order valence-electron chi connectivity index (χ1n) is 18.6. The molecular formula is C37H49F4N5O13P2. The van der Waals surface area contributed by atoms with Crippen molar-refractivity contribution in [3.05, 3.63) is 82.9 Å². The van der Waals surface area contributed by atoms with Gasteiger partial charge in [0, 0.05) is 63.0 Å². The van der Waals surface area contributed by atoms with E-state index in [-0.39, 0.29) is 82.3 Å². The molecule has 0 saturated carbocycles. The van der Waals surface area contributed by atoms with Crippen molar-refractivity contribution in [1.29, 1.82) is 0 Å². The van der Waals surface area contributed by atoms with Crippen LogP contribution in [0.4, 0.5) is 17.6 Å². The quantitative estimate of drug-likeness (QED) is 0.0295. The summed E-state index contributed by atoms with van der Waals surface area (Å²) < 4.78 is 77.8. The number of carbonyl (C=O) groups is 6. The smallest absolute Gasteiger partial charge is 0.354 e. The third-order valence-electron chi connectivity index (χ3n) is 8.59. The lowest BCUT2D eigenvalue weighted by atomic mass is 10.1. The van der Waals surface area contributed by atoms with E-state index < -0.39 is 73.2 Å². The predicted molar refractivity (Wildman–Crippen MR) is 209 cm³/mol. The number of hydroxylamine groups is 2. The number of rotatable bonds is 22. The lowest BCUT2D eigenvalue weighted by Crippen LogP contribution is -2.43. The van der Waals surface area contributed by atoms with Crippen LogP contribution >= 0.6 is 15.2 Å². The van der Waals surface area contributed by atoms with Gasteiger partial charge in [-0.25, -0.2) is 4.79 Å². The molecule has 61 heavy (non-hydrogen) atoms. The van der Waals surface area contributed by atoms with E-state index in [0.717, 1.165) is 61.5 Å². The topological polar surface area (TPSA) is 269 Å². The monoisotopic (exact) mass is 909 g/mol. The second-order valence-corrected chi connectivity index (χ2v) is 16.7. The lowest BCUT2D eigenvalue weighted by molar-refractivity contribution is -0.197. The number of benzene rings is 2. The minimum Gasteiger partial charge on any atom is -0.354 e. The molecular weight excluding hydrogens is 860 g/mol. The van der Waals surface area contributed by atoms with Gasteiger partial charge in [0.25, 0.3) is 11.8 Å². The second kappa shape index (κ2) is 24.0. The standard InChI is InChI=1S/C31H36F4N4O13P2.C6H13N/c32-30(33,53(46,47)48)22-8-4-20(5-9-22)18-24(40)36-14-16-38(26(42)2-1-3-29(45)52-39-27(43)12-13-28(39)44)17-15-37-25(41)19-21-6-10-23(11-7-21)31(34,35)54(49,50)51;1-3-4-5-6-7-2/h4-11H,1-3,12-19H2,(H,36,40)(H,37,41)(H2,46,47,48)(H2,49,50,51);3-4,7H,5-6H2,1-2H3/b;4-3+. The van der Waals surface area contributed by atoms with Gasteiger partial charge < -0.3 is 45.3 Å². The zero-order valence-corrected chi connectivity index (χ0v) is 35.0. The third-order valence-corrected chi connectivity index (χ3v) is 10.6. The van der Waals surface area contributed by atoms with Crippen molar-refractivity contribution < 1.29 is 79.9 Å². The molecule has 1 aliphatic heterocycles. The molecule has 2 aromatic rings. The Morgan fingerprint density at radius 1 is 0.754 bits per heavy atom. The summed E-state index contributed by atoms with van der Waals surface area (Å²) in [7, 11) is -9.62. The molecule has 1 saturated heterocycles. The van der Waals surface area contributed by atoms with Crippen LogP contribution in [0.1, 0.15) is 67.7 Å². The fourth-order valence-corrected chi connectivity index (χ4v) is 6.21. The van der Waals surface area contributed by atoms with Crippen molar-refractivity contribution in [1.82, 2.24) is 25.9 Å². The average Bonchev–Trinajstić information content (AvgIpc) is 3.49. The van der Waals surface area contributed by atoms with Crippen LogP contribution in [-0.2, 0) is 66.9 Å². The third kappa shape index (κ3) is 16.9. The Morgan fingerprint density at radius 2 is 1.18 bits per heavy atom. The molecule has 18 nitrogen and oxygen atoms in total. The largest absolute Gasteiger partial charge is 0.399 e. The Hall–Kier alpha value is -4.82. The first kappa shape index (κ1) is 52.3. The maximum atomic E-state index is 13.9. The van der Waals surface area contributed by atoms with Gasteiger partial charge in [-0.1, -0.05) is 60.7 Å². The molecule has 3 rings (SSSR count). The molecule has 0 bridgehead atoms. The second-order valence-electron chi connectivity index (χ2n) is 13.4. The minimum absolute atomic E-state index is 0.0722. The Bertz CT molecular complexity index is 1850. The average molecular weight is 910 g/mol. The molecule has 0 aliphatic carbocycles. The maximum Gasteiger partial charge on any atom is 0.399 e. The van der Waals surface area contributed by atoms with Crippen LogP contribution in [-0.4, -0.2) is 105 Å². The molecule has 0 aromatic heterocycles. The van der Waals surface area contributed by atoms with Gasteiger partial charge in [0.15, 0.2) is 0 Å². The molecule has 2 aromatic carbocycles. The van der Waals surface area contributed by atoms with Gasteiger partial charge in [0.2, 0.25) is 17.7 Å². The SMILES string of the molecule is C/C=C/CCNC.O=C(Cc1ccc(C(F)(F)P(=O)(O)O)cc1)NCCN(CCNC(=O)Cc1ccc(C(F)(F)P(=O)(O)O)cc1)C(=O)CCCC(=O)ON1C(=O)CCC1=O. The van der Waals surface area contributed by atoms with E-state index in [1.165, 1.54) is 4.90 Å². The number of hydrogen-bond donors (Lipinski definition) is 7. The predicted octanol–water partition coefficient (Wildman–Crippen LogP) is 2.94. The molecule has 24 heteroatoms. The van der Waals surface area contributed by atoms with Gasteiger partial charge in [-0.2, -0.15) is 17.6 Å². The summed E-state index contributed by atoms with van der Waals surface area (Å²) in [6.07, 6.45) is 3.83. The van der Waals surface area contributed by atoms with Gasteiger partial charge in [-0.15, -0.1) is 5.06 Å². The van der Waals surface area contributed by atoms with Gasteiger partial charge >= 0.3 is 32.5 Å². The molecule has 338 valence electrons. The number of allylic oxidation sites excluding steroid dienone is 1. The number of carbonyl (C=O) groups excluding carboxylic acids is 6. The number of amides is 5. The number of alkyl halides is 4. The molecule has 1 heterocycles. The van der Waals surface area contributed by atoms with Crippen LogP contribution in [0.25, 0.3) is 0 Å². The summed E-state index contributed by atoms with van der Waals surface area (Å²) >= 11 is 0. The zero-order chi connectivity index (χ0) is 46.0. The molecule has 0 atom stereocenters. The van der Waals surface area contributed by atoms with E-state index in [4.69, 9.17) is 24.4 Å². The molecule has 7 N–H and O–H groups in total. The van der Waals surface area contributed by atoms with Gasteiger partial charge in [-0.05, 0) is 44.5 Å². The Morgan fingerprint density at radius 3 is 1.56 bits per heavy atom. The fraction of sp³-hybridized carbons (Fsp3) is 0.459. The van der Waals surface area contributed by atoms with Crippen LogP contribution < -0.4 is 16.0 Å². The van der Waals surface area contributed by atoms with E-state index in [1.54, 1.807) is 0 Å². The Labute approximate surface area is 348 Å². The summed E-state index contributed by atoms with van der Waals surface area (Å²) in [6.45, 7) is 2.61. The highest BCUT2D eigenvalue weighted by Crippen LogP contribution is 2.60. The number of imide groups is 1. The van der Waals surface area contributed by atoms with Crippen LogP contribution in [0.5, 0.6) is 0 Å². The molecule has 0 spiro atoms. The Balaban J connectivity index is 0.00000168. The molecule has 0 radical (unpaired) electrons. The molecule has 1 aliphatic rings. The van der Waals surface area contributed by atoms with Crippen molar-refractivity contribution >= 4 is 50.7 Å². The maximum absolute atomic E-state index is 13.9. The van der Waals surface area contributed by atoms with Crippen LogP contribution in [0.15, 0.2) is 60.7 Å². The number of halogens is 4. The van der Waals surface area contributed by atoms with E-state index in [1.807, 2.05) is 14.0 Å². The van der Waals surface area contributed by atoms with E-state index in [0.29, 0.717) is 5.06 Å². The highest BCUT2D eigenvalue weighted by molar-refractivity contribution is 7.52. The number of nitrogens with zero attached hydrogens (tertiary/aromatic N) is 2. The summed E-state index contributed by atoms with van der Waals surface area (Å²) in [5.74, 6) is -4.06. The van der Waals surface area contributed by atoms with Crippen LogP contribution in [0, 0.1) is 0 Å². The van der Waals surface area contributed by atoms with Crippen molar-refractivity contribution in [3.8, 4) is 0 Å². The van der Waals surface area contributed by atoms with Gasteiger partial charge in [0.1, 0.15) is 0 Å². The minimum atomic E-state index is -5.79. The van der Waals surface area contributed by atoms with Crippen LogP contribution in [0.3, 0.4) is 0 Å². The Kier molecular flexibility index (Phi) is 20.6. The zero-order valence-electron chi connectivity index (χ0n) is 33.2. The number of nitrogens with one attached hydrogen (secondary N) is 3. The summed E-state index contributed by atoms with van der Waals surface area (Å²) in [5.41, 5.74) is -10.3. The fourth-order valence-electron chi connectivity index (χ4n) is 5.24. The lowest BCUT2D eigenvalue weighted by Gasteiger charge is -2.23. The van der Waals surface area contributed by atoms with Gasteiger partial charge in [-0.3, -0.25) is 33.1 Å². The normalized spacial score (nSPS) is 13.4. The molecule has 1 fully saturated rings. The summed E-state index contributed by atoms with van der Waals surface area (Å²) in [4.78, 5) is 115. The van der Waals surface area contributed by atoms with Crippen molar-refractivity contribution in [2.45, 2.75) is 69.6 Å². The van der Waals surface area contributed by atoms with Crippen molar-refractivity contribution in [3.63, 3.8) is 0 Å². The first-order chi connectivity index (χ1) is 28.4. The summed E-state index contributed by atoms with van der Waals surface area (Å²) in [5, 5.41) is 8.46. The van der Waals surface area contributed by atoms with Crippen molar-refractivity contribution in [2.75, 3.05) is 39.8 Å². The van der Waals surface area contributed by atoms with E-state index >= 15 is 0 Å².